The molecule has 0 aromatic heterocycles. The summed E-state index contributed by atoms with van der Waals surface area (Å²) in [4.78, 5) is 13.9. The zero-order valence-corrected chi connectivity index (χ0v) is 11.0. The van der Waals surface area contributed by atoms with Gasteiger partial charge in [0.2, 0.25) is 5.91 Å². The van der Waals surface area contributed by atoms with Gasteiger partial charge < -0.3 is 10.2 Å². The molecule has 1 aliphatic heterocycles. The minimum Gasteiger partial charge on any atom is -0.342 e. The van der Waals surface area contributed by atoms with Crippen LogP contribution in [0.2, 0.25) is 0 Å². The number of hydrogen-bond acceptors (Lipinski definition) is 2. The molecule has 0 aromatic rings. The molecule has 0 aliphatic carbocycles. The van der Waals surface area contributed by atoms with E-state index >= 15 is 0 Å². The second kappa shape index (κ2) is 6.89. The molecule has 1 amide bonds. The van der Waals surface area contributed by atoms with Gasteiger partial charge in [-0.25, -0.2) is 0 Å². The third-order valence-electron chi connectivity index (χ3n) is 3.34. The van der Waals surface area contributed by atoms with E-state index < -0.39 is 0 Å². The number of hydrogen-bond donors (Lipinski definition) is 1. The second-order valence-corrected chi connectivity index (χ2v) is 5.12. The van der Waals surface area contributed by atoms with E-state index in [0.717, 1.165) is 32.0 Å². The first-order valence-electron chi connectivity index (χ1n) is 6.64. The van der Waals surface area contributed by atoms with Crippen molar-refractivity contribution in [1.82, 2.24) is 10.2 Å². The topological polar surface area (TPSA) is 32.3 Å². The molecule has 0 spiro atoms. The summed E-state index contributed by atoms with van der Waals surface area (Å²) < 4.78 is 0. The van der Waals surface area contributed by atoms with Gasteiger partial charge in [-0.15, -0.1) is 0 Å². The normalized spacial score (nSPS) is 20.8. The summed E-state index contributed by atoms with van der Waals surface area (Å²) in [6.45, 7) is 9.41. The van der Waals surface area contributed by atoms with Crippen molar-refractivity contribution in [2.45, 2.75) is 52.5 Å². The Morgan fingerprint density at radius 1 is 1.50 bits per heavy atom. The van der Waals surface area contributed by atoms with Crippen LogP contribution in [0.1, 0.15) is 46.5 Å². The predicted molar refractivity (Wildman–Crippen MR) is 67.4 cm³/mol. The van der Waals surface area contributed by atoms with Crippen molar-refractivity contribution in [3.63, 3.8) is 0 Å². The van der Waals surface area contributed by atoms with Gasteiger partial charge in [-0.05, 0) is 25.3 Å². The average molecular weight is 226 g/mol. The minimum absolute atomic E-state index is 0.349. The lowest BCUT2D eigenvalue weighted by molar-refractivity contribution is -0.130. The number of nitrogens with one attached hydrogen (secondary N) is 1. The van der Waals surface area contributed by atoms with Crippen LogP contribution < -0.4 is 5.32 Å². The molecule has 1 rings (SSSR count). The van der Waals surface area contributed by atoms with Crippen LogP contribution >= 0.6 is 0 Å². The number of likely N-dealkylation sites (tertiary alicyclic amines) is 1. The number of nitrogens with zero attached hydrogens (tertiary/aromatic N) is 1. The summed E-state index contributed by atoms with van der Waals surface area (Å²) in [5, 5.41) is 3.34. The van der Waals surface area contributed by atoms with Crippen molar-refractivity contribution in [1.29, 1.82) is 0 Å². The Morgan fingerprint density at radius 2 is 2.25 bits per heavy atom. The zero-order valence-electron chi connectivity index (χ0n) is 11.0. The maximum Gasteiger partial charge on any atom is 0.222 e. The summed E-state index contributed by atoms with van der Waals surface area (Å²) in [5.41, 5.74) is 0. The van der Waals surface area contributed by atoms with Gasteiger partial charge in [-0.1, -0.05) is 27.2 Å². The Balaban J connectivity index is 2.11. The zero-order chi connectivity index (χ0) is 12.0. The molecule has 1 aliphatic rings. The summed E-state index contributed by atoms with van der Waals surface area (Å²) in [6.07, 6.45) is 4.08. The van der Waals surface area contributed by atoms with Gasteiger partial charge >= 0.3 is 0 Å². The molecule has 1 heterocycles. The van der Waals surface area contributed by atoms with E-state index in [9.17, 15) is 4.79 Å². The first-order chi connectivity index (χ1) is 7.63. The van der Waals surface area contributed by atoms with Gasteiger partial charge in [0, 0.05) is 25.6 Å². The van der Waals surface area contributed by atoms with Crippen molar-refractivity contribution >= 4 is 5.91 Å². The molecule has 0 radical (unpaired) electrons. The molecular weight excluding hydrogens is 200 g/mol. The van der Waals surface area contributed by atoms with Crippen LogP contribution in [0.4, 0.5) is 0 Å². The Bertz CT molecular complexity index is 216. The first-order valence-corrected chi connectivity index (χ1v) is 6.64. The molecule has 0 bridgehead atoms. The third kappa shape index (κ3) is 4.52. The number of carbonyl (C=O) groups excluding carboxylic acids is 1. The second-order valence-electron chi connectivity index (χ2n) is 5.12. The standard InChI is InChI=1S/C13H26N2O/c1-4-12-7-9-15(10-12)13(16)6-5-8-14-11(2)3/h11-12,14H,4-10H2,1-3H3. The Morgan fingerprint density at radius 3 is 2.81 bits per heavy atom. The van der Waals surface area contributed by atoms with Gasteiger partial charge in [-0.3, -0.25) is 4.79 Å². The highest BCUT2D eigenvalue weighted by molar-refractivity contribution is 5.76. The maximum absolute atomic E-state index is 11.8. The van der Waals surface area contributed by atoms with Crippen LogP contribution in [-0.4, -0.2) is 36.5 Å². The van der Waals surface area contributed by atoms with Gasteiger partial charge in [0.05, 0.1) is 0 Å². The molecule has 1 saturated heterocycles. The monoisotopic (exact) mass is 226 g/mol. The van der Waals surface area contributed by atoms with Crippen molar-refractivity contribution < 1.29 is 4.79 Å². The van der Waals surface area contributed by atoms with Crippen LogP contribution in [0.15, 0.2) is 0 Å². The average Bonchev–Trinajstić information content (AvgIpc) is 2.72. The molecule has 16 heavy (non-hydrogen) atoms. The maximum atomic E-state index is 11.8. The van der Waals surface area contributed by atoms with Gasteiger partial charge in [-0.2, -0.15) is 0 Å². The summed E-state index contributed by atoms with van der Waals surface area (Å²) in [7, 11) is 0. The molecule has 1 atom stereocenters. The van der Waals surface area contributed by atoms with E-state index in [1.807, 2.05) is 4.90 Å². The van der Waals surface area contributed by atoms with Gasteiger partial charge in [0.15, 0.2) is 0 Å². The quantitative estimate of drug-likeness (QED) is 0.703. The lowest BCUT2D eigenvalue weighted by atomic mass is 10.1. The highest BCUT2D eigenvalue weighted by atomic mass is 16.2. The van der Waals surface area contributed by atoms with E-state index in [1.165, 1.54) is 12.8 Å². The molecular formula is C13H26N2O. The highest BCUT2D eigenvalue weighted by Crippen LogP contribution is 2.19. The molecule has 1 fully saturated rings. The molecule has 0 aromatic carbocycles. The van der Waals surface area contributed by atoms with Crippen molar-refractivity contribution in [2.75, 3.05) is 19.6 Å². The molecule has 3 nitrogen and oxygen atoms in total. The Labute approximate surface area is 99.6 Å². The fraction of sp³-hybridized carbons (Fsp3) is 0.923. The smallest absolute Gasteiger partial charge is 0.222 e. The number of rotatable bonds is 6. The highest BCUT2D eigenvalue weighted by Gasteiger charge is 2.24. The van der Waals surface area contributed by atoms with E-state index in [1.54, 1.807) is 0 Å². The van der Waals surface area contributed by atoms with E-state index in [0.29, 0.717) is 18.4 Å². The van der Waals surface area contributed by atoms with Crippen molar-refractivity contribution in [3.05, 3.63) is 0 Å². The van der Waals surface area contributed by atoms with Crippen LogP contribution in [0.3, 0.4) is 0 Å². The summed E-state index contributed by atoms with van der Waals surface area (Å²) >= 11 is 0. The number of amides is 1. The number of carbonyl (C=O) groups is 1. The van der Waals surface area contributed by atoms with E-state index in [4.69, 9.17) is 0 Å². The largest absolute Gasteiger partial charge is 0.342 e. The van der Waals surface area contributed by atoms with Crippen molar-refractivity contribution in [2.24, 2.45) is 5.92 Å². The summed E-state index contributed by atoms with van der Waals surface area (Å²) in [6, 6.07) is 0.520. The minimum atomic E-state index is 0.349. The van der Waals surface area contributed by atoms with Gasteiger partial charge in [0.1, 0.15) is 0 Å². The Kier molecular flexibility index (Phi) is 5.81. The lowest BCUT2D eigenvalue weighted by Crippen LogP contribution is -2.30. The fourth-order valence-corrected chi connectivity index (χ4v) is 2.18. The van der Waals surface area contributed by atoms with E-state index in [2.05, 4.69) is 26.1 Å². The SMILES string of the molecule is CCC1CCN(C(=O)CCCNC(C)C)C1. The molecule has 1 N–H and O–H groups in total. The third-order valence-corrected chi connectivity index (χ3v) is 3.34. The van der Waals surface area contributed by atoms with Gasteiger partial charge in [0.25, 0.3) is 0 Å². The van der Waals surface area contributed by atoms with Crippen LogP contribution in [-0.2, 0) is 4.79 Å². The van der Waals surface area contributed by atoms with Crippen LogP contribution in [0, 0.1) is 5.92 Å². The molecule has 1 unspecified atom stereocenters. The molecule has 0 saturated carbocycles. The Hall–Kier alpha value is -0.570. The summed E-state index contributed by atoms with van der Waals surface area (Å²) in [5.74, 6) is 1.10. The van der Waals surface area contributed by atoms with E-state index in [-0.39, 0.29) is 0 Å². The molecule has 94 valence electrons. The molecule has 3 heteroatoms. The van der Waals surface area contributed by atoms with Crippen LogP contribution in [0.25, 0.3) is 0 Å². The predicted octanol–water partition coefficient (Wildman–Crippen LogP) is 2.02. The van der Waals surface area contributed by atoms with Crippen LogP contribution in [0.5, 0.6) is 0 Å². The van der Waals surface area contributed by atoms with Crippen molar-refractivity contribution in [3.8, 4) is 0 Å². The fourth-order valence-electron chi connectivity index (χ4n) is 2.18. The first kappa shape index (κ1) is 13.5. The lowest BCUT2D eigenvalue weighted by Gasteiger charge is -2.16.